The number of benzene rings is 1. The van der Waals surface area contributed by atoms with E-state index in [1.165, 1.54) is 6.07 Å². The Labute approximate surface area is 103 Å². The maximum absolute atomic E-state index is 13.0. The zero-order valence-corrected chi connectivity index (χ0v) is 10.1. The highest BCUT2D eigenvalue weighted by atomic mass is 19.2. The van der Waals surface area contributed by atoms with E-state index in [1.807, 2.05) is 0 Å². The van der Waals surface area contributed by atoms with Crippen molar-refractivity contribution in [2.24, 2.45) is 5.73 Å². The molecule has 2 N–H and O–H groups in total. The first-order valence-electron chi connectivity index (χ1n) is 5.42. The lowest BCUT2D eigenvalue weighted by atomic mass is 10.1. The Morgan fingerprint density at radius 1 is 1.28 bits per heavy atom. The predicted molar refractivity (Wildman–Crippen MR) is 60.7 cm³/mol. The molecule has 0 saturated heterocycles. The summed E-state index contributed by atoms with van der Waals surface area (Å²) in [5, 5.41) is 3.74. The maximum Gasteiger partial charge on any atom is 0.231 e. The van der Waals surface area contributed by atoms with Gasteiger partial charge in [-0.1, -0.05) is 11.2 Å². The summed E-state index contributed by atoms with van der Waals surface area (Å²) in [5.41, 5.74) is 5.67. The fourth-order valence-electron chi connectivity index (χ4n) is 1.41. The minimum atomic E-state index is -0.897. The van der Waals surface area contributed by atoms with Crippen LogP contribution in [0.1, 0.15) is 31.1 Å². The summed E-state index contributed by atoms with van der Waals surface area (Å²) in [6, 6.07) is 3.64. The van der Waals surface area contributed by atoms with Crippen molar-refractivity contribution in [1.82, 2.24) is 10.1 Å². The number of nitrogens with two attached hydrogens (primary N) is 1. The summed E-state index contributed by atoms with van der Waals surface area (Å²) in [6.07, 6.45) is 0.236. The molecule has 0 amide bonds. The topological polar surface area (TPSA) is 64.9 Å². The van der Waals surface area contributed by atoms with Gasteiger partial charge < -0.3 is 10.3 Å². The highest BCUT2D eigenvalue weighted by molar-refractivity contribution is 5.20. The highest BCUT2D eigenvalue weighted by Crippen LogP contribution is 2.16. The average Bonchev–Trinajstić information content (AvgIpc) is 2.72. The molecule has 1 heterocycles. The van der Waals surface area contributed by atoms with Crippen LogP contribution >= 0.6 is 0 Å². The van der Waals surface area contributed by atoms with Crippen LogP contribution in [-0.4, -0.2) is 10.1 Å². The lowest BCUT2D eigenvalue weighted by Crippen LogP contribution is -2.30. The van der Waals surface area contributed by atoms with Gasteiger partial charge in [-0.05, 0) is 31.5 Å². The maximum atomic E-state index is 13.0. The van der Waals surface area contributed by atoms with Crippen molar-refractivity contribution in [2.75, 3.05) is 0 Å². The largest absolute Gasteiger partial charge is 0.339 e. The second-order valence-corrected chi connectivity index (χ2v) is 4.66. The fourth-order valence-corrected chi connectivity index (χ4v) is 1.41. The summed E-state index contributed by atoms with van der Waals surface area (Å²) in [4.78, 5) is 4.11. The third kappa shape index (κ3) is 2.70. The zero-order valence-electron chi connectivity index (χ0n) is 10.1. The van der Waals surface area contributed by atoms with Gasteiger partial charge >= 0.3 is 0 Å². The second kappa shape index (κ2) is 4.45. The summed E-state index contributed by atoms with van der Waals surface area (Å²) >= 11 is 0. The molecule has 0 saturated carbocycles. The number of hydrogen-bond acceptors (Lipinski definition) is 4. The van der Waals surface area contributed by atoms with Crippen molar-refractivity contribution in [2.45, 2.75) is 25.8 Å². The van der Waals surface area contributed by atoms with Gasteiger partial charge in [0.25, 0.3) is 0 Å². The van der Waals surface area contributed by atoms with Gasteiger partial charge in [0.05, 0.1) is 12.0 Å². The van der Waals surface area contributed by atoms with Gasteiger partial charge in [0.15, 0.2) is 17.5 Å². The highest BCUT2D eigenvalue weighted by Gasteiger charge is 2.21. The molecule has 0 aliphatic carbocycles. The minimum Gasteiger partial charge on any atom is -0.339 e. The van der Waals surface area contributed by atoms with Crippen LogP contribution in [0.25, 0.3) is 0 Å². The van der Waals surface area contributed by atoms with Crippen LogP contribution in [0.15, 0.2) is 22.7 Å². The van der Waals surface area contributed by atoms with E-state index in [-0.39, 0.29) is 6.42 Å². The normalized spacial score (nSPS) is 11.8. The van der Waals surface area contributed by atoms with Gasteiger partial charge in [-0.3, -0.25) is 0 Å². The van der Waals surface area contributed by atoms with E-state index in [9.17, 15) is 8.78 Å². The smallest absolute Gasteiger partial charge is 0.231 e. The number of hydrogen-bond donors (Lipinski definition) is 1. The molecule has 0 radical (unpaired) electrons. The zero-order chi connectivity index (χ0) is 13.3. The molecule has 0 bridgehead atoms. The first-order valence-corrected chi connectivity index (χ1v) is 5.42. The third-order valence-corrected chi connectivity index (χ3v) is 2.38. The molecular weight excluding hydrogens is 240 g/mol. The van der Waals surface area contributed by atoms with Gasteiger partial charge in [-0.25, -0.2) is 8.78 Å². The summed E-state index contributed by atoms with van der Waals surface area (Å²) in [5.74, 6) is -1.09. The Morgan fingerprint density at radius 3 is 2.56 bits per heavy atom. The molecule has 6 heteroatoms. The van der Waals surface area contributed by atoms with Crippen LogP contribution in [0.2, 0.25) is 0 Å². The van der Waals surface area contributed by atoms with Crippen molar-refractivity contribution < 1.29 is 13.3 Å². The Bertz CT molecular complexity index is 561. The van der Waals surface area contributed by atoms with Crippen LogP contribution in [-0.2, 0) is 12.0 Å². The fraction of sp³-hybridized carbons (Fsp3) is 0.333. The van der Waals surface area contributed by atoms with E-state index in [4.69, 9.17) is 10.3 Å². The molecule has 96 valence electrons. The average molecular weight is 253 g/mol. The number of nitrogens with zero attached hydrogens (tertiary/aromatic N) is 2. The molecule has 0 atom stereocenters. The van der Waals surface area contributed by atoms with Gasteiger partial charge in [-0.2, -0.15) is 4.98 Å². The SMILES string of the molecule is CC(C)(N)c1noc(Cc2ccc(F)c(F)c2)n1. The Balaban J connectivity index is 2.19. The van der Waals surface area contributed by atoms with Gasteiger partial charge in [0.2, 0.25) is 5.89 Å². The van der Waals surface area contributed by atoms with E-state index >= 15 is 0 Å². The standard InChI is InChI=1S/C12H13F2N3O/c1-12(2,15)11-16-10(18-17-11)6-7-3-4-8(13)9(14)5-7/h3-5H,6,15H2,1-2H3. The van der Waals surface area contributed by atoms with E-state index in [0.717, 1.165) is 12.1 Å². The van der Waals surface area contributed by atoms with Crippen LogP contribution in [0.3, 0.4) is 0 Å². The molecule has 0 fully saturated rings. The minimum absolute atomic E-state index is 0.236. The molecule has 2 aromatic rings. The van der Waals surface area contributed by atoms with Gasteiger partial charge in [-0.15, -0.1) is 0 Å². The van der Waals surface area contributed by atoms with Crippen molar-refractivity contribution in [3.8, 4) is 0 Å². The van der Waals surface area contributed by atoms with E-state index < -0.39 is 17.2 Å². The lowest BCUT2D eigenvalue weighted by Gasteiger charge is -2.11. The van der Waals surface area contributed by atoms with Crippen LogP contribution in [0, 0.1) is 11.6 Å². The molecule has 4 nitrogen and oxygen atoms in total. The van der Waals surface area contributed by atoms with Crippen molar-refractivity contribution >= 4 is 0 Å². The molecule has 0 aliphatic rings. The van der Waals surface area contributed by atoms with Crippen molar-refractivity contribution in [3.05, 3.63) is 47.1 Å². The van der Waals surface area contributed by atoms with Crippen LogP contribution in [0.4, 0.5) is 8.78 Å². The van der Waals surface area contributed by atoms with Crippen molar-refractivity contribution in [3.63, 3.8) is 0 Å². The summed E-state index contributed by atoms with van der Waals surface area (Å²) in [7, 11) is 0. The first kappa shape index (κ1) is 12.6. The van der Waals surface area contributed by atoms with Gasteiger partial charge in [0, 0.05) is 0 Å². The molecule has 1 aromatic carbocycles. The van der Waals surface area contributed by atoms with E-state index in [1.54, 1.807) is 13.8 Å². The Morgan fingerprint density at radius 2 is 2.00 bits per heavy atom. The number of halogens is 2. The second-order valence-electron chi connectivity index (χ2n) is 4.66. The van der Waals surface area contributed by atoms with Crippen LogP contribution < -0.4 is 5.73 Å². The first-order chi connectivity index (χ1) is 8.36. The quantitative estimate of drug-likeness (QED) is 0.910. The molecular formula is C12H13F2N3O. The van der Waals surface area contributed by atoms with Gasteiger partial charge in [0.1, 0.15) is 0 Å². The number of rotatable bonds is 3. The molecule has 0 spiro atoms. The molecule has 0 aliphatic heterocycles. The summed E-state index contributed by atoms with van der Waals surface area (Å²) in [6.45, 7) is 3.50. The number of aromatic nitrogens is 2. The Kier molecular flexibility index (Phi) is 3.13. The molecule has 18 heavy (non-hydrogen) atoms. The Hall–Kier alpha value is -1.82. The third-order valence-electron chi connectivity index (χ3n) is 2.38. The van der Waals surface area contributed by atoms with E-state index in [0.29, 0.717) is 17.3 Å². The van der Waals surface area contributed by atoms with Crippen LogP contribution in [0.5, 0.6) is 0 Å². The molecule has 1 aromatic heterocycles. The molecule has 2 rings (SSSR count). The monoisotopic (exact) mass is 253 g/mol. The van der Waals surface area contributed by atoms with Crippen molar-refractivity contribution in [1.29, 1.82) is 0 Å². The predicted octanol–water partition coefficient (Wildman–Crippen LogP) is 2.13. The lowest BCUT2D eigenvalue weighted by molar-refractivity contribution is 0.365. The van der Waals surface area contributed by atoms with E-state index in [2.05, 4.69) is 10.1 Å². The summed E-state index contributed by atoms with van der Waals surface area (Å²) < 4.78 is 30.8. The molecule has 0 unspecified atom stereocenters.